The summed E-state index contributed by atoms with van der Waals surface area (Å²) >= 11 is 0. The second-order valence-electron chi connectivity index (χ2n) is 6.78. The van der Waals surface area contributed by atoms with Gasteiger partial charge in [-0.05, 0) is 57.5 Å². The van der Waals surface area contributed by atoms with Crippen LogP contribution in [-0.2, 0) is 0 Å². The van der Waals surface area contributed by atoms with E-state index in [1.807, 2.05) is 6.07 Å². The predicted octanol–water partition coefficient (Wildman–Crippen LogP) is 3.90. The molecule has 0 aliphatic carbocycles. The zero-order valence-electron chi connectivity index (χ0n) is 14.4. The van der Waals surface area contributed by atoms with E-state index in [4.69, 9.17) is 9.47 Å². The monoisotopic (exact) mass is 318 g/mol. The van der Waals surface area contributed by atoms with Gasteiger partial charge in [-0.3, -0.25) is 0 Å². The van der Waals surface area contributed by atoms with E-state index in [1.165, 1.54) is 70.3 Å². The first-order chi connectivity index (χ1) is 11.3. The van der Waals surface area contributed by atoms with E-state index in [0.717, 1.165) is 18.0 Å². The molecule has 4 nitrogen and oxygen atoms in total. The van der Waals surface area contributed by atoms with Crippen LogP contribution in [0, 0.1) is 0 Å². The van der Waals surface area contributed by atoms with Gasteiger partial charge >= 0.3 is 0 Å². The van der Waals surface area contributed by atoms with Crippen LogP contribution in [0.5, 0.6) is 11.5 Å². The molecule has 23 heavy (non-hydrogen) atoms. The van der Waals surface area contributed by atoms with Crippen LogP contribution in [0.15, 0.2) is 18.2 Å². The van der Waals surface area contributed by atoms with Crippen molar-refractivity contribution in [3.63, 3.8) is 0 Å². The molecule has 0 amide bonds. The van der Waals surface area contributed by atoms with E-state index >= 15 is 0 Å². The maximum Gasteiger partial charge on any atom is 0.231 e. The lowest BCUT2D eigenvalue weighted by atomic mass is 10.1. The Balaban J connectivity index is 1.29. The number of rotatable bonds is 8. The molecular weight excluding hydrogens is 288 g/mol. The Morgan fingerprint density at radius 1 is 0.957 bits per heavy atom. The Labute approximate surface area is 140 Å². The van der Waals surface area contributed by atoms with E-state index < -0.39 is 0 Å². The molecular formula is C19H30N2O2. The molecule has 128 valence electrons. The van der Waals surface area contributed by atoms with Crippen molar-refractivity contribution in [1.29, 1.82) is 0 Å². The van der Waals surface area contributed by atoms with Gasteiger partial charge in [0.15, 0.2) is 11.5 Å². The van der Waals surface area contributed by atoms with Gasteiger partial charge in [0.1, 0.15) is 0 Å². The molecule has 0 aromatic heterocycles. The zero-order chi connectivity index (χ0) is 15.9. The smallest absolute Gasteiger partial charge is 0.231 e. The van der Waals surface area contributed by atoms with Crippen LogP contribution in [0.1, 0.15) is 44.9 Å². The molecule has 2 heterocycles. The molecule has 4 heteroatoms. The molecule has 0 N–H and O–H groups in total. The highest BCUT2D eigenvalue weighted by molar-refractivity contribution is 5.56. The molecule has 2 aliphatic rings. The summed E-state index contributed by atoms with van der Waals surface area (Å²) in [5.41, 5.74) is 1.21. The van der Waals surface area contributed by atoms with Crippen LogP contribution < -0.4 is 14.4 Å². The molecule has 0 radical (unpaired) electrons. The number of benzene rings is 1. The first kappa shape index (κ1) is 16.4. The number of ether oxygens (including phenoxy) is 2. The Morgan fingerprint density at radius 2 is 1.74 bits per heavy atom. The minimum Gasteiger partial charge on any atom is -0.454 e. The van der Waals surface area contributed by atoms with Crippen molar-refractivity contribution in [3.05, 3.63) is 18.2 Å². The number of likely N-dealkylation sites (tertiary alicyclic amines) is 1. The van der Waals surface area contributed by atoms with E-state index in [1.54, 1.807) is 0 Å². The molecule has 0 spiro atoms. The molecule has 1 saturated heterocycles. The third-order valence-corrected chi connectivity index (χ3v) is 4.96. The quantitative estimate of drug-likeness (QED) is 0.679. The van der Waals surface area contributed by atoms with Crippen molar-refractivity contribution >= 4 is 5.69 Å². The van der Waals surface area contributed by atoms with Crippen molar-refractivity contribution in [2.24, 2.45) is 0 Å². The maximum atomic E-state index is 5.45. The largest absolute Gasteiger partial charge is 0.454 e. The third kappa shape index (κ3) is 4.77. The summed E-state index contributed by atoms with van der Waals surface area (Å²) < 4.78 is 10.8. The fourth-order valence-corrected chi connectivity index (χ4v) is 3.47. The maximum absolute atomic E-state index is 5.45. The lowest BCUT2D eigenvalue weighted by Crippen LogP contribution is -2.30. The Kier molecular flexibility index (Phi) is 6.03. The van der Waals surface area contributed by atoms with Gasteiger partial charge in [0.25, 0.3) is 0 Å². The molecule has 0 bridgehead atoms. The molecule has 3 rings (SSSR count). The summed E-state index contributed by atoms with van der Waals surface area (Å²) in [6.07, 6.45) is 9.52. The normalized spacial score (nSPS) is 17.4. The highest BCUT2D eigenvalue weighted by atomic mass is 16.7. The number of nitrogens with zero attached hydrogens (tertiary/aromatic N) is 2. The fourth-order valence-electron chi connectivity index (χ4n) is 3.47. The van der Waals surface area contributed by atoms with Crippen molar-refractivity contribution in [1.82, 2.24) is 4.90 Å². The van der Waals surface area contributed by atoms with E-state index in [9.17, 15) is 0 Å². The van der Waals surface area contributed by atoms with Crippen molar-refractivity contribution < 1.29 is 9.47 Å². The van der Waals surface area contributed by atoms with Gasteiger partial charge in [-0.15, -0.1) is 0 Å². The Bertz CT molecular complexity index is 486. The standard InChI is InChI=1S/C19H30N2O2/c1-20(17-9-10-18-19(15-17)23-16-22-18)11-5-2-3-6-12-21-13-7-4-8-14-21/h9-10,15H,2-8,11-14,16H2,1H3. The van der Waals surface area contributed by atoms with Gasteiger partial charge in [-0.25, -0.2) is 0 Å². The number of unbranched alkanes of at least 4 members (excludes halogenated alkanes) is 3. The van der Waals surface area contributed by atoms with Crippen molar-refractivity contribution in [2.45, 2.75) is 44.9 Å². The fraction of sp³-hybridized carbons (Fsp3) is 0.684. The van der Waals surface area contributed by atoms with Crippen LogP contribution in [0.3, 0.4) is 0 Å². The minimum absolute atomic E-state index is 0.347. The summed E-state index contributed by atoms with van der Waals surface area (Å²) in [5.74, 6) is 1.73. The first-order valence-corrected chi connectivity index (χ1v) is 9.16. The van der Waals surface area contributed by atoms with Crippen LogP contribution in [0.4, 0.5) is 5.69 Å². The molecule has 1 fully saturated rings. The van der Waals surface area contributed by atoms with Gasteiger partial charge in [0.2, 0.25) is 6.79 Å². The number of anilines is 1. The number of hydrogen-bond acceptors (Lipinski definition) is 4. The number of hydrogen-bond donors (Lipinski definition) is 0. The van der Waals surface area contributed by atoms with Crippen molar-refractivity contribution in [3.8, 4) is 11.5 Å². The highest BCUT2D eigenvalue weighted by Crippen LogP contribution is 2.35. The van der Waals surface area contributed by atoms with Gasteiger partial charge in [0.05, 0.1) is 0 Å². The third-order valence-electron chi connectivity index (χ3n) is 4.96. The Morgan fingerprint density at radius 3 is 2.61 bits per heavy atom. The molecule has 0 saturated carbocycles. The van der Waals surface area contributed by atoms with Gasteiger partial charge in [0, 0.05) is 25.3 Å². The van der Waals surface area contributed by atoms with Crippen LogP contribution in [0.25, 0.3) is 0 Å². The summed E-state index contributed by atoms with van der Waals surface area (Å²) in [7, 11) is 2.16. The number of piperidine rings is 1. The summed E-state index contributed by atoms with van der Waals surface area (Å²) in [6.45, 7) is 5.40. The lowest BCUT2D eigenvalue weighted by molar-refractivity contribution is 0.174. The van der Waals surface area contributed by atoms with Gasteiger partial charge in [-0.2, -0.15) is 0 Å². The zero-order valence-corrected chi connectivity index (χ0v) is 14.4. The van der Waals surface area contributed by atoms with Crippen LogP contribution in [-0.4, -0.2) is 44.9 Å². The molecule has 1 aromatic carbocycles. The van der Waals surface area contributed by atoms with E-state index in [-0.39, 0.29) is 0 Å². The molecule has 0 atom stereocenters. The summed E-state index contributed by atoms with van der Waals surface area (Å²) in [5, 5.41) is 0. The van der Waals surface area contributed by atoms with E-state index in [2.05, 4.69) is 29.0 Å². The average molecular weight is 318 g/mol. The molecule has 1 aromatic rings. The minimum atomic E-state index is 0.347. The summed E-state index contributed by atoms with van der Waals surface area (Å²) in [6, 6.07) is 6.20. The highest BCUT2D eigenvalue weighted by Gasteiger charge is 2.14. The molecule has 0 unspecified atom stereocenters. The first-order valence-electron chi connectivity index (χ1n) is 9.16. The second kappa shape index (κ2) is 8.44. The Hall–Kier alpha value is -1.42. The van der Waals surface area contributed by atoms with E-state index in [0.29, 0.717) is 6.79 Å². The number of fused-ring (bicyclic) bond motifs is 1. The lowest BCUT2D eigenvalue weighted by Gasteiger charge is -2.26. The molecule has 2 aliphatic heterocycles. The van der Waals surface area contributed by atoms with Crippen LogP contribution in [0.2, 0.25) is 0 Å². The van der Waals surface area contributed by atoms with Gasteiger partial charge in [-0.1, -0.05) is 19.3 Å². The van der Waals surface area contributed by atoms with Gasteiger partial charge < -0.3 is 19.3 Å². The SMILES string of the molecule is CN(CCCCCCN1CCCCC1)c1ccc2c(c1)OCO2. The van der Waals surface area contributed by atoms with Crippen molar-refractivity contribution in [2.75, 3.05) is 44.9 Å². The van der Waals surface area contributed by atoms with Crippen LogP contribution >= 0.6 is 0 Å². The predicted molar refractivity (Wildman–Crippen MR) is 94.6 cm³/mol. The second-order valence-corrected chi connectivity index (χ2v) is 6.78. The topological polar surface area (TPSA) is 24.9 Å². The summed E-state index contributed by atoms with van der Waals surface area (Å²) in [4.78, 5) is 4.95. The average Bonchev–Trinajstić information content (AvgIpc) is 3.06.